The van der Waals surface area contributed by atoms with E-state index in [9.17, 15) is 4.79 Å². The van der Waals surface area contributed by atoms with E-state index in [2.05, 4.69) is 29.2 Å². The van der Waals surface area contributed by atoms with Gasteiger partial charge in [0.05, 0.1) is 0 Å². The summed E-state index contributed by atoms with van der Waals surface area (Å²) in [6, 6.07) is 20.4. The Kier molecular flexibility index (Phi) is 5.44. The summed E-state index contributed by atoms with van der Waals surface area (Å²) in [7, 11) is 0. The average molecular weight is 320 g/mol. The van der Waals surface area contributed by atoms with Gasteiger partial charge in [0.1, 0.15) is 0 Å². The normalized spacial score (nSPS) is 19.2. The van der Waals surface area contributed by atoms with Gasteiger partial charge in [-0.25, -0.2) is 0 Å². The number of benzene rings is 2. The second-order valence-electron chi connectivity index (χ2n) is 6.43. The number of nitrogens with two attached hydrogens (primary N) is 1. The van der Waals surface area contributed by atoms with Crippen LogP contribution in [0.3, 0.4) is 0 Å². The Morgan fingerprint density at radius 3 is 2.42 bits per heavy atom. The zero-order valence-electron chi connectivity index (χ0n) is 13.9. The van der Waals surface area contributed by atoms with Crippen molar-refractivity contribution >= 4 is 12.0 Å². The second kappa shape index (κ2) is 7.93. The van der Waals surface area contributed by atoms with E-state index < -0.39 is 0 Å². The van der Waals surface area contributed by atoms with Gasteiger partial charge in [0, 0.05) is 24.6 Å². The van der Waals surface area contributed by atoms with E-state index in [1.165, 1.54) is 5.56 Å². The van der Waals surface area contributed by atoms with Crippen LogP contribution in [0.4, 0.5) is 0 Å². The first kappa shape index (κ1) is 16.5. The Morgan fingerprint density at radius 2 is 1.75 bits per heavy atom. The molecule has 1 atom stereocenters. The highest BCUT2D eigenvalue weighted by Gasteiger charge is 2.25. The van der Waals surface area contributed by atoms with Crippen molar-refractivity contribution < 1.29 is 4.79 Å². The van der Waals surface area contributed by atoms with Crippen molar-refractivity contribution in [3.8, 4) is 0 Å². The highest BCUT2D eigenvalue weighted by Crippen LogP contribution is 2.26. The molecule has 0 aromatic heterocycles. The van der Waals surface area contributed by atoms with Crippen LogP contribution >= 0.6 is 0 Å². The van der Waals surface area contributed by atoms with Gasteiger partial charge >= 0.3 is 0 Å². The molecular formula is C21H24N2O. The Morgan fingerprint density at radius 1 is 1.08 bits per heavy atom. The minimum Gasteiger partial charge on any atom is -0.366 e. The predicted molar refractivity (Wildman–Crippen MR) is 98.1 cm³/mol. The number of nitrogens with zero attached hydrogens (tertiary/aromatic N) is 1. The van der Waals surface area contributed by atoms with Crippen LogP contribution in [0.25, 0.3) is 6.08 Å². The number of primary amides is 1. The molecule has 24 heavy (non-hydrogen) atoms. The van der Waals surface area contributed by atoms with Crippen molar-refractivity contribution in [1.29, 1.82) is 0 Å². The Hall–Kier alpha value is -2.39. The van der Waals surface area contributed by atoms with Crippen molar-refractivity contribution in [1.82, 2.24) is 4.90 Å². The monoisotopic (exact) mass is 320 g/mol. The molecule has 2 N–H and O–H groups in total. The van der Waals surface area contributed by atoms with Crippen LogP contribution in [0.2, 0.25) is 0 Å². The quantitative estimate of drug-likeness (QED) is 0.858. The van der Waals surface area contributed by atoms with Crippen LogP contribution in [0, 0.1) is 5.92 Å². The molecule has 2 aromatic rings. The van der Waals surface area contributed by atoms with Gasteiger partial charge in [-0.15, -0.1) is 0 Å². The van der Waals surface area contributed by atoms with E-state index in [1.54, 1.807) is 0 Å². The van der Waals surface area contributed by atoms with Crippen molar-refractivity contribution in [2.75, 3.05) is 13.1 Å². The topological polar surface area (TPSA) is 46.3 Å². The van der Waals surface area contributed by atoms with Crippen LogP contribution < -0.4 is 5.73 Å². The summed E-state index contributed by atoms with van der Waals surface area (Å²) < 4.78 is 0. The lowest BCUT2D eigenvalue weighted by Crippen LogP contribution is -2.37. The van der Waals surface area contributed by atoms with Gasteiger partial charge in [-0.3, -0.25) is 9.69 Å². The highest BCUT2D eigenvalue weighted by atomic mass is 16.1. The second-order valence-corrected chi connectivity index (χ2v) is 6.43. The zero-order chi connectivity index (χ0) is 16.8. The molecule has 1 aliphatic rings. The van der Waals surface area contributed by atoms with E-state index in [0.29, 0.717) is 0 Å². The van der Waals surface area contributed by atoms with Gasteiger partial charge in [-0.2, -0.15) is 0 Å². The highest BCUT2D eigenvalue weighted by molar-refractivity contribution is 5.97. The summed E-state index contributed by atoms with van der Waals surface area (Å²) in [6.07, 6.45) is 4.07. The fourth-order valence-corrected chi connectivity index (χ4v) is 3.41. The predicted octanol–water partition coefficient (Wildman–Crippen LogP) is 3.47. The lowest BCUT2D eigenvalue weighted by Gasteiger charge is -2.33. The molecule has 1 heterocycles. The summed E-state index contributed by atoms with van der Waals surface area (Å²) in [4.78, 5) is 14.4. The Labute approximate surface area is 143 Å². The number of carbonyl (C=O) groups is 1. The van der Waals surface area contributed by atoms with E-state index in [0.717, 1.165) is 43.6 Å². The summed E-state index contributed by atoms with van der Waals surface area (Å²) in [6.45, 7) is 2.88. The number of rotatable bonds is 5. The maximum Gasteiger partial charge on any atom is 0.244 e. The van der Waals surface area contributed by atoms with Crippen LogP contribution in [-0.4, -0.2) is 23.9 Å². The smallest absolute Gasteiger partial charge is 0.244 e. The van der Waals surface area contributed by atoms with Gasteiger partial charge in [0.2, 0.25) is 5.91 Å². The molecule has 0 radical (unpaired) electrons. The summed E-state index contributed by atoms with van der Waals surface area (Å²) in [5, 5.41) is 0. The maximum atomic E-state index is 12.0. The molecule has 1 aliphatic heterocycles. The molecule has 1 unspecified atom stereocenters. The molecule has 3 nitrogen and oxygen atoms in total. The third kappa shape index (κ3) is 4.33. The molecule has 2 aromatic carbocycles. The van der Waals surface area contributed by atoms with Crippen molar-refractivity contribution in [2.45, 2.75) is 19.4 Å². The number of amides is 1. The van der Waals surface area contributed by atoms with Gasteiger partial charge in [0.25, 0.3) is 0 Å². The molecule has 3 heteroatoms. The standard InChI is InChI=1S/C21H24N2O/c22-21(24)20(14-17-8-3-1-4-9-17)19-12-7-13-23(16-19)15-18-10-5-2-6-11-18/h1-6,8-11,14,19H,7,12-13,15-16H2,(H2,22,24)/b20-14-. The first-order valence-corrected chi connectivity index (χ1v) is 8.55. The largest absolute Gasteiger partial charge is 0.366 e. The molecular weight excluding hydrogens is 296 g/mol. The molecule has 0 aliphatic carbocycles. The first-order valence-electron chi connectivity index (χ1n) is 8.55. The summed E-state index contributed by atoms with van der Waals surface area (Å²) in [5.41, 5.74) is 8.78. The third-order valence-electron chi connectivity index (χ3n) is 4.60. The Bertz CT molecular complexity index is 694. The number of likely N-dealkylation sites (tertiary alicyclic amines) is 1. The van der Waals surface area contributed by atoms with Crippen LogP contribution in [0.5, 0.6) is 0 Å². The maximum absolute atomic E-state index is 12.0. The molecule has 0 saturated carbocycles. The third-order valence-corrected chi connectivity index (χ3v) is 4.60. The molecule has 1 amide bonds. The van der Waals surface area contributed by atoms with Crippen LogP contribution in [-0.2, 0) is 11.3 Å². The first-order chi connectivity index (χ1) is 11.7. The number of piperidine rings is 1. The lowest BCUT2D eigenvalue weighted by atomic mass is 9.88. The van der Waals surface area contributed by atoms with E-state index in [1.807, 2.05) is 42.5 Å². The fourth-order valence-electron chi connectivity index (χ4n) is 3.41. The molecule has 3 rings (SSSR count). The average Bonchev–Trinajstić information content (AvgIpc) is 2.61. The van der Waals surface area contributed by atoms with Crippen LogP contribution in [0.1, 0.15) is 24.0 Å². The molecule has 0 spiro atoms. The number of hydrogen-bond acceptors (Lipinski definition) is 2. The van der Waals surface area contributed by atoms with Gasteiger partial charge in [-0.05, 0) is 36.6 Å². The molecule has 0 bridgehead atoms. The lowest BCUT2D eigenvalue weighted by molar-refractivity contribution is -0.115. The van der Waals surface area contributed by atoms with Crippen LogP contribution in [0.15, 0.2) is 66.2 Å². The van der Waals surface area contributed by atoms with Crippen molar-refractivity contribution in [3.05, 3.63) is 77.4 Å². The van der Waals surface area contributed by atoms with E-state index in [4.69, 9.17) is 5.73 Å². The molecule has 1 fully saturated rings. The van der Waals surface area contributed by atoms with Gasteiger partial charge < -0.3 is 5.73 Å². The SMILES string of the molecule is NC(=O)/C(=C\c1ccccc1)C1CCCN(Cc2ccccc2)C1. The summed E-state index contributed by atoms with van der Waals surface area (Å²) in [5.74, 6) is -0.0921. The Balaban J connectivity index is 1.74. The molecule has 124 valence electrons. The number of carbonyl (C=O) groups excluding carboxylic acids is 1. The molecule has 1 saturated heterocycles. The van der Waals surface area contributed by atoms with E-state index >= 15 is 0 Å². The van der Waals surface area contributed by atoms with Crippen molar-refractivity contribution in [3.63, 3.8) is 0 Å². The summed E-state index contributed by atoms with van der Waals surface area (Å²) >= 11 is 0. The van der Waals surface area contributed by atoms with Gasteiger partial charge in [0.15, 0.2) is 0 Å². The van der Waals surface area contributed by atoms with Crippen molar-refractivity contribution in [2.24, 2.45) is 11.7 Å². The number of hydrogen-bond donors (Lipinski definition) is 1. The zero-order valence-corrected chi connectivity index (χ0v) is 13.9. The minimum atomic E-state index is -0.301. The minimum absolute atomic E-state index is 0.208. The fraction of sp³-hybridized carbons (Fsp3) is 0.286. The van der Waals surface area contributed by atoms with Gasteiger partial charge in [-0.1, -0.05) is 60.7 Å². The van der Waals surface area contributed by atoms with E-state index in [-0.39, 0.29) is 11.8 Å².